The van der Waals surface area contributed by atoms with E-state index in [0.717, 1.165) is 25.1 Å². The quantitative estimate of drug-likeness (QED) is 0.368. The van der Waals surface area contributed by atoms with Gasteiger partial charge >= 0.3 is 0 Å². The van der Waals surface area contributed by atoms with Crippen molar-refractivity contribution in [1.82, 2.24) is 5.32 Å². The molecule has 6 heteroatoms. The minimum absolute atomic E-state index is 0.122. The van der Waals surface area contributed by atoms with E-state index in [1.807, 2.05) is 13.0 Å². The summed E-state index contributed by atoms with van der Waals surface area (Å²) in [4.78, 5) is 10.5. The number of hydrogen-bond acceptors (Lipinski definition) is 5. The summed E-state index contributed by atoms with van der Waals surface area (Å²) in [5, 5.41) is 17.2. The summed E-state index contributed by atoms with van der Waals surface area (Å²) in [5.41, 5.74) is 6.94. The van der Waals surface area contributed by atoms with Crippen molar-refractivity contribution in [3.63, 3.8) is 0 Å². The number of hydrogen-bond donors (Lipinski definition) is 3. The van der Waals surface area contributed by atoms with Crippen molar-refractivity contribution >= 4 is 11.4 Å². The smallest absolute Gasteiger partial charge is 0.292 e. The largest absolute Gasteiger partial charge is 0.378 e. The molecule has 0 aliphatic heterocycles. The van der Waals surface area contributed by atoms with Crippen LogP contribution >= 0.6 is 0 Å². The maximum atomic E-state index is 10.9. The number of nitrogens with two attached hydrogens (primary N) is 1. The van der Waals surface area contributed by atoms with Gasteiger partial charge in [0.1, 0.15) is 5.69 Å². The highest BCUT2D eigenvalue weighted by Crippen LogP contribution is 2.24. The van der Waals surface area contributed by atoms with Gasteiger partial charge in [0.25, 0.3) is 5.69 Å². The summed E-state index contributed by atoms with van der Waals surface area (Å²) in [5.74, 6) is 0. The fraction of sp³-hybridized carbons (Fsp3) is 0.500. The van der Waals surface area contributed by atoms with Crippen LogP contribution in [0.15, 0.2) is 18.2 Å². The number of nitrogens with one attached hydrogen (secondary N) is 2. The molecule has 0 aliphatic rings. The summed E-state index contributed by atoms with van der Waals surface area (Å²) in [6, 6.07) is 5.18. The molecule has 4 N–H and O–H groups in total. The van der Waals surface area contributed by atoms with Gasteiger partial charge in [0.15, 0.2) is 0 Å². The second-order valence-electron chi connectivity index (χ2n) is 4.10. The number of aryl methyl sites for hydroxylation is 1. The first-order valence-electron chi connectivity index (χ1n) is 6.05. The first-order valence-corrected chi connectivity index (χ1v) is 6.05. The summed E-state index contributed by atoms with van der Waals surface area (Å²) >= 11 is 0. The van der Waals surface area contributed by atoms with Gasteiger partial charge in [-0.15, -0.1) is 0 Å². The number of nitro benzene ring substituents is 1. The van der Waals surface area contributed by atoms with Crippen molar-refractivity contribution in [2.45, 2.75) is 13.3 Å². The van der Waals surface area contributed by atoms with E-state index in [9.17, 15) is 10.1 Å². The van der Waals surface area contributed by atoms with Gasteiger partial charge in [-0.1, -0.05) is 6.07 Å². The summed E-state index contributed by atoms with van der Waals surface area (Å²) in [6.45, 7) is 4.78. The van der Waals surface area contributed by atoms with Gasteiger partial charge in [0.2, 0.25) is 0 Å². The molecular weight excluding hydrogens is 232 g/mol. The SMILES string of the molecule is Cc1ccc(NCCNCCCN)c([N+](=O)[O-])c1. The zero-order valence-corrected chi connectivity index (χ0v) is 10.6. The molecule has 0 bridgehead atoms. The molecule has 0 radical (unpaired) electrons. The molecule has 1 aromatic carbocycles. The fourth-order valence-corrected chi connectivity index (χ4v) is 1.58. The van der Waals surface area contributed by atoms with Crippen LogP contribution < -0.4 is 16.4 Å². The van der Waals surface area contributed by atoms with Gasteiger partial charge in [-0.2, -0.15) is 0 Å². The topological polar surface area (TPSA) is 93.2 Å². The number of nitro groups is 1. The Morgan fingerprint density at radius 2 is 2.11 bits per heavy atom. The molecular formula is C12H20N4O2. The molecule has 0 amide bonds. The minimum Gasteiger partial charge on any atom is -0.378 e. The number of anilines is 1. The Morgan fingerprint density at radius 1 is 1.33 bits per heavy atom. The zero-order valence-electron chi connectivity index (χ0n) is 10.6. The third-order valence-electron chi connectivity index (χ3n) is 2.52. The average molecular weight is 252 g/mol. The van der Waals surface area contributed by atoms with E-state index in [-0.39, 0.29) is 10.6 Å². The van der Waals surface area contributed by atoms with Crippen LogP contribution in [0.1, 0.15) is 12.0 Å². The van der Waals surface area contributed by atoms with Gasteiger partial charge in [-0.3, -0.25) is 10.1 Å². The van der Waals surface area contributed by atoms with Crippen LogP contribution in [0, 0.1) is 17.0 Å². The highest BCUT2D eigenvalue weighted by Gasteiger charge is 2.12. The van der Waals surface area contributed by atoms with Crippen LogP contribution in [0.3, 0.4) is 0 Å². The van der Waals surface area contributed by atoms with E-state index < -0.39 is 0 Å². The standard InChI is InChI=1S/C12H20N4O2/c1-10-3-4-11(12(9-10)16(17)18)15-8-7-14-6-2-5-13/h3-4,9,14-15H,2,5-8,13H2,1H3. The van der Waals surface area contributed by atoms with Gasteiger partial charge in [-0.05, 0) is 38.1 Å². The average Bonchev–Trinajstić information content (AvgIpc) is 2.35. The van der Waals surface area contributed by atoms with Gasteiger partial charge < -0.3 is 16.4 Å². The Labute approximate surface area is 107 Å². The van der Waals surface area contributed by atoms with Gasteiger partial charge in [0, 0.05) is 19.2 Å². The van der Waals surface area contributed by atoms with Crippen molar-refractivity contribution in [2.24, 2.45) is 5.73 Å². The lowest BCUT2D eigenvalue weighted by molar-refractivity contribution is -0.384. The van der Waals surface area contributed by atoms with Gasteiger partial charge in [0.05, 0.1) is 4.92 Å². The predicted molar refractivity (Wildman–Crippen MR) is 72.9 cm³/mol. The van der Waals surface area contributed by atoms with E-state index in [1.54, 1.807) is 12.1 Å². The Hall–Kier alpha value is -1.66. The van der Waals surface area contributed by atoms with Crippen molar-refractivity contribution in [2.75, 3.05) is 31.5 Å². The van der Waals surface area contributed by atoms with E-state index >= 15 is 0 Å². The van der Waals surface area contributed by atoms with E-state index in [1.165, 1.54) is 0 Å². The Bertz CT molecular complexity index is 396. The van der Waals surface area contributed by atoms with Crippen LogP contribution in [0.25, 0.3) is 0 Å². The molecule has 0 aromatic heterocycles. The number of nitrogens with zero attached hydrogens (tertiary/aromatic N) is 1. The molecule has 0 unspecified atom stereocenters. The summed E-state index contributed by atoms with van der Waals surface area (Å²) in [6.07, 6.45) is 0.935. The molecule has 0 aliphatic carbocycles. The van der Waals surface area contributed by atoms with Crippen molar-refractivity contribution in [3.05, 3.63) is 33.9 Å². The lowest BCUT2D eigenvalue weighted by Crippen LogP contribution is -2.24. The molecule has 6 nitrogen and oxygen atoms in total. The van der Waals surface area contributed by atoms with Crippen LogP contribution in [0.5, 0.6) is 0 Å². The molecule has 0 saturated carbocycles. The molecule has 0 spiro atoms. The first-order chi connectivity index (χ1) is 8.65. The van der Waals surface area contributed by atoms with Crippen molar-refractivity contribution < 1.29 is 4.92 Å². The highest BCUT2D eigenvalue weighted by atomic mass is 16.6. The summed E-state index contributed by atoms with van der Waals surface area (Å²) in [7, 11) is 0. The normalized spacial score (nSPS) is 10.3. The van der Waals surface area contributed by atoms with E-state index in [2.05, 4.69) is 10.6 Å². The molecule has 0 heterocycles. The first kappa shape index (κ1) is 14.4. The van der Waals surface area contributed by atoms with Crippen LogP contribution in [0.4, 0.5) is 11.4 Å². The number of benzene rings is 1. The Morgan fingerprint density at radius 3 is 2.78 bits per heavy atom. The van der Waals surface area contributed by atoms with Crippen LogP contribution in [0.2, 0.25) is 0 Å². The Kier molecular flexibility index (Phi) is 6.10. The molecule has 18 heavy (non-hydrogen) atoms. The second-order valence-corrected chi connectivity index (χ2v) is 4.10. The molecule has 1 rings (SSSR count). The second kappa shape index (κ2) is 7.62. The third kappa shape index (κ3) is 4.68. The number of rotatable bonds is 8. The van der Waals surface area contributed by atoms with E-state index in [0.29, 0.717) is 18.8 Å². The molecule has 0 fully saturated rings. The predicted octanol–water partition coefficient (Wildman–Crippen LogP) is 1.25. The molecule has 0 atom stereocenters. The lowest BCUT2D eigenvalue weighted by Gasteiger charge is -2.08. The molecule has 1 aromatic rings. The maximum absolute atomic E-state index is 10.9. The van der Waals surface area contributed by atoms with Crippen molar-refractivity contribution in [1.29, 1.82) is 0 Å². The lowest BCUT2D eigenvalue weighted by atomic mass is 10.2. The maximum Gasteiger partial charge on any atom is 0.292 e. The summed E-state index contributed by atoms with van der Waals surface area (Å²) < 4.78 is 0. The zero-order chi connectivity index (χ0) is 13.4. The van der Waals surface area contributed by atoms with E-state index in [4.69, 9.17) is 5.73 Å². The van der Waals surface area contributed by atoms with Crippen LogP contribution in [-0.4, -0.2) is 31.1 Å². The monoisotopic (exact) mass is 252 g/mol. The fourth-order valence-electron chi connectivity index (χ4n) is 1.58. The molecule has 0 saturated heterocycles. The highest BCUT2D eigenvalue weighted by molar-refractivity contribution is 5.62. The van der Waals surface area contributed by atoms with Crippen LogP contribution in [-0.2, 0) is 0 Å². The molecule has 100 valence electrons. The van der Waals surface area contributed by atoms with Gasteiger partial charge in [-0.25, -0.2) is 0 Å². The minimum atomic E-state index is -0.364. The van der Waals surface area contributed by atoms with Crippen molar-refractivity contribution in [3.8, 4) is 0 Å². The Balaban J connectivity index is 2.44. The third-order valence-corrected chi connectivity index (χ3v) is 2.52.